The van der Waals surface area contributed by atoms with Crippen LogP contribution < -0.4 is 4.72 Å². The molecule has 1 aliphatic carbocycles. The highest BCUT2D eigenvalue weighted by Gasteiger charge is 2.24. The van der Waals surface area contributed by atoms with Crippen LogP contribution in [-0.4, -0.2) is 11.2 Å². The minimum absolute atomic E-state index is 0.210. The second kappa shape index (κ2) is 6.31. The lowest BCUT2D eigenvalue weighted by Gasteiger charge is -2.27. The molecule has 0 aromatic heterocycles. The van der Waals surface area contributed by atoms with Crippen LogP contribution in [0.3, 0.4) is 0 Å². The smallest absolute Gasteiger partial charge is 0.0609 e. The quantitative estimate of drug-likeness (QED) is 0.700. The summed E-state index contributed by atoms with van der Waals surface area (Å²) in [6, 6.07) is 8.16. The molecule has 0 radical (unpaired) electrons. The molecule has 2 rings (SSSR count). The Morgan fingerprint density at radius 2 is 1.76 bits per heavy atom. The summed E-state index contributed by atoms with van der Waals surface area (Å²) in [6.45, 7) is 0. The van der Waals surface area contributed by atoms with Crippen molar-refractivity contribution in [1.82, 2.24) is 0 Å². The van der Waals surface area contributed by atoms with Crippen LogP contribution in [0.4, 0.5) is 5.69 Å². The molecule has 1 fully saturated rings. The van der Waals surface area contributed by atoms with Crippen molar-refractivity contribution in [2.24, 2.45) is 0 Å². The molecular weight excluding hydrogens is 230 g/mol. The van der Waals surface area contributed by atoms with Gasteiger partial charge in [-0.1, -0.05) is 56.7 Å². The number of benzene rings is 1. The lowest BCUT2D eigenvalue weighted by Crippen LogP contribution is -2.20. The average Bonchev–Trinajstić information content (AvgIpc) is 2.35. The van der Waals surface area contributed by atoms with E-state index in [9.17, 15) is 5.11 Å². The van der Waals surface area contributed by atoms with Gasteiger partial charge in [0.2, 0.25) is 0 Å². The van der Waals surface area contributed by atoms with Crippen molar-refractivity contribution in [3.8, 4) is 0 Å². The Bertz CT molecular complexity index is 356. The number of aliphatic hydroxyl groups excluding tert-OH is 1. The zero-order chi connectivity index (χ0) is 12.1. The Labute approximate surface area is 109 Å². The van der Waals surface area contributed by atoms with Crippen LogP contribution in [0.25, 0.3) is 0 Å². The van der Waals surface area contributed by atoms with Gasteiger partial charge in [0.25, 0.3) is 0 Å². The third kappa shape index (κ3) is 3.17. The molecule has 0 amide bonds. The Kier molecular flexibility index (Phi) is 4.75. The van der Waals surface area contributed by atoms with Gasteiger partial charge >= 0.3 is 0 Å². The van der Waals surface area contributed by atoms with Gasteiger partial charge < -0.3 is 9.83 Å². The number of hydrogen-bond acceptors (Lipinski definition) is 3. The monoisotopic (exact) mass is 251 g/mol. The number of hydrogen-bond donors (Lipinski definition) is 3. The van der Waals surface area contributed by atoms with Gasteiger partial charge in [0, 0.05) is 11.6 Å². The van der Waals surface area contributed by atoms with Crippen molar-refractivity contribution in [3.63, 3.8) is 0 Å². The van der Waals surface area contributed by atoms with E-state index in [1.165, 1.54) is 24.8 Å². The van der Waals surface area contributed by atoms with E-state index in [0.29, 0.717) is 0 Å². The maximum Gasteiger partial charge on any atom is 0.0609 e. The first-order valence-corrected chi connectivity index (χ1v) is 6.94. The number of thiol groups is 1. The second-order valence-corrected chi connectivity index (χ2v) is 5.09. The standard InChI is InChI=1S/C14H21NOS/c16-14-10-4-2-1-3-8-12(14)11-7-5-6-9-13(11)15-17/h5-7,9,12,14-17H,1-4,8,10H2. The van der Waals surface area contributed by atoms with Crippen molar-refractivity contribution >= 4 is 18.5 Å². The van der Waals surface area contributed by atoms with Crippen molar-refractivity contribution in [2.45, 2.75) is 50.5 Å². The maximum absolute atomic E-state index is 10.3. The normalized spacial score (nSPS) is 26.0. The molecule has 3 heteroatoms. The van der Waals surface area contributed by atoms with Gasteiger partial charge in [0.15, 0.2) is 0 Å². The number of anilines is 1. The van der Waals surface area contributed by atoms with Crippen molar-refractivity contribution in [1.29, 1.82) is 0 Å². The molecule has 0 bridgehead atoms. The van der Waals surface area contributed by atoms with Gasteiger partial charge in [-0.2, -0.15) is 0 Å². The predicted molar refractivity (Wildman–Crippen MR) is 75.5 cm³/mol. The molecule has 2 atom stereocenters. The van der Waals surface area contributed by atoms with Crippen LogP contribution in [0.2, 0.25) is 0 Å². The summed E-state index contributed by atoms with van der Waals surface area (Å²) in [6.07, 6.45) is 6.70. The van der Waals surface area contributed by atoms with E-state index in [4.69, 9.17) is 0 Å². The second-order valence-electron chi connectivity index (χ2n) is 4.86. The maximum atomic E-state index is 10.3. The summed E-state index contributed by atoms with van der Waals surface area (Å²) in [5.41, 5.74) is 2.23. The van der Waals surface area contributed by atoms with Gasteiger partial charge in [-0.3, -0.25) is 0 Å². The summed E-state index contributed by atoms with van der Waals surface area (Å²) < 4.78 is 2.93. The molecule has 94 valence electrons. The van der Waals surface area contributed by atoms with Crippen LogP contribution in [0.5, 0.6) is 0 Å². The van der Waals surface area contributed by atoms with Gasteiger partial charge in [-0.15, -0.1) is 0 Å². The Morgan fingerprint density at radius 1 is 1.06 bits per heavy atom. The zero-order valence-corrected chi connectivity index (χ0v) is 11.0. The van der Waals surface area contributed by atoms with Crippen LogP contribution in [-0.2, 0) is 0 Å². The molecule has 2 N–H and O–H groups in total. The minimum atomic E-state index is -0.210. The van der Waals surface area contributed by atoms with Gasteiger partial charge in [0.1, 0.15) is 0 Å². The van der Waals surface area contributed by atoms with Gasteiger partial charge in [-0.05, 0) is 24.5 Å². The Hall–Kier alpha value is -0.670. The fourth-order valence-corrected chi connectivity index (χ4v) is 2.95. The van der Waals surface area contributed by atoms with E-state index < -0.39 is 0 Å². The molecule has 1 aliphatic rings. The Balaban J connectivity index is 2.22. The van der Waals surface area contributed by atoms with Gasteiger partial charge in [-0.25, -0.2) is 0 Å². The molecule has 2 unspecified atom stereocenters. The van der Waals surface area contributed by atoms with Crippen molar-refractivity contribution in [2.75, 3.05) is 4.72 Å². The van der Waals surface area contributed by atoms with Gasteiger partial charge in [0.05, 0.1) is 6.10 Å². The van der Waals surface area contributed by atoms with E-state index in [1.807, 2.05) is 18.2 Å². The lowest BCUT2D eigenvalue weighted by atomic mass is 9.83. The van der Waals surface area contributed by atoms with E-state index in [-0.39, 0.29) is 12.0 Å². The highest BCUT2D eigenvalue weighted by molar-refractivity contribution is 7.81. The molecule has 0 heterocycles. The third-order valence-electron chi connectivity index (χ3n) is 3.71. The minimum Gasteiger partial charge on any atom is -0.392 e. The molecule has 17 heavy (non-hydrogen) atoms. The van der Waals surface area contributed by atoms with E-state index >= 15 is 0 Å². The lowest BCUT2D eigenvalue weighted by molar-refractivity contribution is 0.119. The zero-order valence-electron chi connectivity index (χ0n) is 10.1. The molecular formula is C14H21NOS. The number of rotatable bonds is 2. The molecule has 0 spiro atoms. The summed E-state index contributed by atoms with van der Waals surface area (Å²) in [5.74, 6) is 0.256. The first-order chi connectivity index (χ1) is 8.33. The van der Waals surface area contributed by atoms with E-state index in [0.717, 1.165) is 24.9 Å². The van der Waals surface area contributed by atoms with Crippen molar-refractivity contribution in [3.05, 3.63) is 29.8 Å². The Morgan fingerprint density at radius 3 is 2.53 bits per heavy atom. The highest BCUT2D eigenvalue weighted by atomic mass is 32.1. The topological polar surface area (TPSA) is 32.3 Å². The summed E-state index contributed by atoms with van der Waals surface area (Å²) in [7, 11) is 0. The van der Waals surface area contributed by atoms with E-state index in [1.54, 1.807) is 0 Å². The highest BCUT2D eigenvalue weighted by Crippen LogP contribution is 2.35. The molecule has 1 aromatic rings. The fraction of sp³-hybridized carbons (Fsp3) is 0.571. The summed E-state index contributed by atoms with van der Waals surface area (Å²) >= 11 is 4.15. The molecule has 1 saturated carbocycles. The molecule has 2 nitrogen and oxygen atoms in total. The third-order valence-corrected chi connectivity index (χ3v) is 3.95. The van der Waals surface area contributed by atoms with Crippen LogP contribution in [0, 0.1) is 0 Å². The predicted octanol–water partition coefficient (Wildman–Crippen LogP) is 3.74. The average molecular weight is 251 g/mol. The molecule has 0 aliphatic heterocycles. The summed E-state index contributed by atoms with van der Waals surface area (Å²) in [4.78, 5) is 0. The van der Waals surface area contributed by atoms with Crippen LogP contribution in [0.1, 0.15) is 50.0 Å². The number of nitrogens with one attached hydrogen (secondary N) is 1. The van der Waals surface area contributed by atoms with Crippen LogP contribution >= 0.6 is 12.8 Å². The first-order valence-electron chi connectivity index (χ1n) is 6.50. The number of aliphatic hydroxyl groups is 1. The van der Waals surface area contributed by atoms with Crippen molar-refractivity contribution < 1.29 is 5.11 Å². The fourth-order valence-electron chi connectivity index (χ4n) is 2.75. The largest absolute Gasteiger partial charge is 0.392 e. The van der Waals surface area contributed by atoms with Crippen LogP contribution in [0.15, 0.2) is 24.3 Å². The number of para-hydroxylation sites is 1. The first kappa shape index (κ1) is 12.8. The SMILES string of the molecule is OC1CCCCCCC1c1ccccc1NS. The summed E-state index contributed by atoms with van der Waals surface area (Å²) in [5, 5.41) is 10.3. The van der Waals surface area contributed by atoms with E-state index in [2.05, 4.69) is 23.6 Å². The molecule has 1 aromatic carbocycles. The molecule has 0 saturated heterocycles.